The monoisotopic (exact) mass is 537 g/mol. The normalized spacial score (nSPS) is 20.9. The predicted molar refractivity (Wildman–Crippen MR) is 145 cm³/mol. The van der Waals surface area contributed by atoms with Crippen molar-refractivity contribution >= 4 is 0 Å². The number of aromatic nitrogens is 5. The highest BCUT2D eigenvalue weighted by atomic mass is 16.6. The summed E-state index contributed by atoms with van der Waals surface area (Å²) in [7, 11) is 0. The second kappa shape index (κ2) is 10.9. The van der Waals surface area contributed by atoms with Gasteiger partial charge in [-0.25, -0.2) is 14.5 Å². The van der Waals surface area contributed by atoms with Crippen LogP contribution in [0.5, 0.6) is 0 Å². The van der Waals surface area contributed by atoms with E-state index in [1.165, 1.54) is 29.6 Å². The topological polar surface area (TPSA) is 124 Å². The zero-order valence-corrected chi connectivity index (χ0v) is 21.4. The van der Waals surface area contributed by atoms with Crippen LogP contribution in [0.4, 0.5) is 0 Å². The maximum Gasteiger partial charge on any atom is 0.330 e. The van der Waals surface area contributed by atoms with E-state index in [1.54, 1.807) is 0 Å². The molecule has 1 aliphatic rings. The molecule has 0 amide bonds. The molecule has 10 nitrogen and oxygen atoms in total. The van der Waals surface area contributed by atoms with E-state index in [0.717, 1.165) is 21.3 Å². The van der Waals surface area contributed by atoms with Gasteiger partial charge in [0.25, 0.3) is 5.56 Å². The SMILES string of the molecule is O=c1ccn([C@@H]2O[C@H](COC(c3ccccc3)(c3ccccc3)c3ccccc3)[C@@H](n3cncn3)[C@@H]2O)c(=O)[nH]1. The maximum absolute atomic E-state index is 12.6. The van der Waals surface area contributed by atoms with Crippen LogP contribution in [-0.2, 0) is 15.1 Å². The molecule has 2 N–H and O–H groups in total. The summed E-state index contributed by atoms with van der Waals surface area (Å²) in [4.78, 5) is 30.5. The van der Waals surface area contributed by atoms with Crippen molar-refractivity contribution in [2.75, 3.05) is 6.61 Å². The Morgan fingerprint density at radius 3 is 1.95 bits per heavy atom. The lowest BCUT2D eigenvalue weighted by Gasteiger charge is -2.37. The molecule has 40 heavy (non-hydrogen) atoms. The number of aromatic amines is 1. The minimum Gasteiger partial charge on any atom is -0.386 e. The van der Waals surface area contributed by atoms with Crippen LogP contribution < -0.4 is 11.2 Å². The third-order valence-electron chi connectivity index (χ3n) is 7.21. The number of hydrogen-bond acceptors (Lipinski definition) is 7. The van der Waals surface area contributed by atoms with Crippen LogP contribution in [0.3, 0.4) is 0 Å². The number of aliphatic hydroxyl groups is 1. The highest BCUT2D eigenvalue weighted by Gasteiger charge is 2.48. The lowest BCUT2D eigenvalue weighted by Crippen LogP contribution is -2.38. The van der Waals surface area contributed by atoms with Gasteiger partial charge >= 0.3 is 5.69 Å². The zero-order chi connectivity index (χ0) is 27.5. The molecular weight excluding hydrogens is 510 g/mol. The maximum atomic E-state index is 12.6. The molecule has 3 heterocycles. The Bertz CT molecular complexity index is 1560. The van der Waals surface area contributed by atoms with Crippen molar-refractivity contribution in [3.8, 4) is 0 Å². The molecule has 3 aromatic carbocycles. The third kappa shape index (κ3) is 4.58. The quantitative estimate of drug-likeness (QED) is 0.292. The number of rotatable bonds is 8. The Morgan fingerprint density at radius 1 is 0.875 bits per heavy atom. The van der Waals surface area contributed by atoms with Crippen LogP contribution in [0.1, 0.15) is 29.0 Å². The van der Waals surface area contributed by atoms with Crippen LogP contribution >= 0.6 is 0 Å². The molecular formula is C30H27N5O5. The molecule has 10 heteroatoms. The molecule has 0 aliphatic carbocycles. The van der Waals surface area contributed by atoms with E-state index in [9.17, 15) is 14.7 Å². The largest absolute Gasteiger partial charge is 0.386 e. The first-order valence-corrected chi connectivity index (χ1v) is 12.9. The van der Waals surface area contributed by atoms with Crippen molar-refractivity contribution in [1.82, 2.24) is 24.3 Å². The van der Waals surface area contributed by atoms with Gasteiger partial charge in [0.2, 0.25) is 0 Å². The van der Waals surface area contributed by atoms with Crippen LogP contribution in [0, 0.1) is 0 Å². The van der Waals surface area contributed by atoms with Crippen molar-refractivity contribution < 1.29 is 14.6 Å². The first-order chi connectivity index (χ1) is 19.6. The van der Waals surface area contributed by atoms with E-state index in [4.69, 9.17) is 9.47 Å². The van der Waals surface area contributed by atoms with Crippen molar-refractivity contribution in [2.45, 2.75) is 30.1 Å². The van der Waals surface area contributed by atoms with Gasteiger partial charge in [0, 0.05) is 12.3 Å². The first-order valence-electron chi connectivity index (χ1n) is 12.9. The Morgan fingerprint density at radius 2 is 1.45 bits per heavy atom. The number of H-pyrrole nitrogens is 1. The molecule has 1 fully saturated rings. The van der Waals surface area contributed by atoms with Crippen molar-refractivity contribution in [1.29, 1.82) is 0 Å². The van der Waals surface area contributed by atoms with Gasteiger partial charge in [0.15, 0.2) is 6.23 Å². The fourth-order valence-corrected chi connectivity index (χ4v) is 5.40. The second-order valence-electron chi connectivity index (χ2n) is 9.53. The summed E-state index contributed by atoms with van der Waals surface area (Å²) < 4.78 is 15.9. The standard InChI is InChI=1S/C30H27N5O5/c36-25-16-17-34(29(38)33-25)28-27(37)26(35-20-31-19-32-35)24(40-28)18-39-30(21-10-4-1-5-11-21,22-12-6-2-7-13-22)23-14-8-3-9-15-23/h1-17,19-20,24,26-28,37H,18H2,(H,33,36,38)/t24-,26-,27+,28-/m1/s1. The molecule has 0 spiro atoms. The van der Waals surface area contributed by atoms with Gasteiger partial charge in [0.1, 0.15) is 36.5 Å². The summed E-state index contributed by atoms with van der Waals surface area (Å²) in [6.45, 7) is 0.0227. The molecule has 6 rings (SSSR count). The first kappa shape index (κ1) is 25.6. The smallest absolute Gasteiger partial charge is 0.330 e. The Balaban J connectivity index is 1.43. The minimum atomic E-state index is -1.20. The Hall–Kier alpha value is -4.64. The van der Waals surface area contributed by atoms with Crippen LogP contribution in [-0.4, -0.2) is 48.2 Å². The lowest BCUT2D eigenvalue weighted by molar-refractivity contribution is -0.0902. The minimum absolute atomic E-state index is 0.0227. The fourth-order valence-electron chi connectivity index (χ4n) is 5.40. The van der Waals surface area contributed by atoms with Gasteiger partial charge in [-0.05, 0) is 16.7 Å². The molecule has 4 atom stereocenters. The summed E-state index contributed by atoms with van der Waals surface area (Å²) in [5.74, 6) is 0. The van der Waals surface area contributed by atoms with Gasteiger partial charge in [-0.15, -0.1) is 0 Å². The molecule has 0 unspecified atom stereocenters. The second-order valence-corrected chi connectivity index (χ2v) is 9.53. The van der Waals surface area contributed by atoms with E-state index in [-0.39, 0.29) is 6.61 Å². The zero-order valence-electron chi connectivity index (χ0n) is 21.4. The van der Waals surface area contributed by atoms with E-state index < -0.39 is 41.3 Å². The third-order valence-corrected chi connectivity index (χ3v) is 7.21. The highest BCUT2D eigenvalue weighted by Crippen LogP contribution is 2.43. The van der Waals surface area contributed by atoms with Gasteiger partial charge in [-0.3, -0.25) is 14.3 Å². The van der Waals surface area contributed by atoms with Crippen molar-refractivity contribution in [3.05, 3.63) is 153 Å². The number of aliphatic hydroxyl groups excluding tert-OH is 1. The number of nitrogens with one attached hydrogen (secondary N) is 1. The number of hydrogen-bond donors (Lipinski definition) is 2. The van der Waals surface area contributed by atoms with Crippen LogP contribution in [0.2, 0.25) is 0 Å². The summed E-state index contributed by atoms with van der Waals surface area (Å²) in [5, 5.41) is 15.6. The molecule has 1 aliphatic heterocycles. The van der Waals surface area contributed by atoms with Crippen LogP contribution in [0.15, 0.2) is 126 Å². The predicted octanol–water partition coefficient (Wildman–Crippen LogP) is 2.64. The van der Waals surface area contributed by atoms with Crippen molar-refractivity contribution in [2.24, 2.45) is 0 Å². The van der Waals surface area contributed by atoms with Gasteiger partial charge < -0.3 is 14.6 Å². The molecule has 202 valence electrons. The Labute approximate surface area is 229 Å². The molecule has 5 aromatic rings. The molecule has 0 saturated carbocycles. The number of benzene rings is 3. The number of ether oxygens (including phenoxy) is 2. The lowest BCUT2D eigenvalue weighted by atomic mass is 9.80. The van der Waals surface area contributed by atoms with E-state index in [2.05, 4.69) is 15.1 Å². The molecule has 0 bridgehead atoms. The van der Waals surface area contributed by atoms with Gasteiger partial charge in [0.05, 0.1) is 6.61 Å². The van der Waals surface area contributed by atoms with E-state index in [0.29, 0.717) is 0 Å². The summed E-state index contributed by atoms with van der Waals surface area (Å²) in [6, 6.07) is 30.2. The van der Waals surface area contributed by atoms with E-state index in [1.807, 2.05) is 91.0 Å². The summed E-state index contributed by atoms with van der Waals surface area (Å²) in [6.07, 6.45) is 1.13. The van der Waals surface area contributed by atoms with E-state index >= 15 is 0 Å². The highest BCUT2D eigenvalue weighted by molar-refractivity contribution is 5.47. The summed E-state index contributed by atoms with van der Waals surface area (Å²) in [5.41, 5.74) is 0.491. The van der Waals surface area contributed by atoms with Crippen molar-refractivity contribution in [3.63, 3.8) is 0 Å². The van der Waals surface area contributed by atoms with Crippen LogP contribution in [0.25, 0.3) is 0 Å². The number of nitrogens with zero attached hydrogens (tertiary/aromatic N) is 4. The average molecular weight is 538 g/mol. The molecule has 2 aromatic heterocycles. The van der Waals surface area contributed by atoms with Gasteiger partial charge in [-0.1, -0.05) is 91.0 Å². The van der Waals surface area contributed by atoms with Gasteiger partial charge in [-0.2, -0.15) is 5.10 Å². The fraction of sp³-hybridized carbons (Fsp3) is 0.200. The average Bonchev–Trinajstić information content (AvgIpc) is 3.63. The summed E-state index contributed by atoms with van der Waals surface area (Å²) >= 11 is 0. The Kier molecular flexibility index (Phi) is 6.95. The molecule has 0 radical (unpaired) electrons. The molecule has 1 saturated heterocycles.